The highest BCUT2D eigenvalue weighted by Gasteiger charge is 2.21. The van der Waals surface area contributed by atoms with Crippen LogP contribution in [-0.2, 0) is 32.7 Å². The molecule has 0 aromatic rings. The molecule has 0 aromatic carbocycles. The fourth-order valence-electron chi connectivity index (χ4n) is 6.18. The molecule has 0 radical (unpaired) electrons. The highest BCUT2D eigenvalue weighted by atomic mass is 31.2. The number of likely N-dealkylation sites (N-methyl/N-ethyl adjacent to an activating group) is 1. The number of rotatable bonds is 41. The molecule has 0 aliphatic heterocycles. The minimum Gasteiger partial charge on any atom is -0.756 e. The lowest BCUT2D eigenvalue weighted by atomic mass is 10.0. The van der Waals surface area contributed by atoms with Crippen LogP contribution in [0.2, 0.25) is 0 Å². The van der Waals surface area contributed by atoms with Crippen LogP contribution in [0.25, 0.3) is 0 Å². The molecular formula is C45H86NO8P. The monoisotopic (exact) mass is 800 g/mol. The molecule has 0 amide bonds. The average molecular weight is 800 g/mol. The first-order valence-electron chi connectivity index (χ1n) is 22.5. The number of ether oxygens (including phenoxy) is 2. The summed E-state index contributed by atoms with van der Waals surface area (Å²) in [6.45, 7) is 4.17. The Labute approximate surface area is 339 Å². The fourth-order valence-corrected chi connectivity index (χ4v) is 6.91. The van der Waals surface area contributed by atoms with Gasteiger partial charge in [-0.2, -0.15) is 0 Å². The van der Waals surface area contributed by atoms with E-state index in [1.807, 2.05) is 33.3 Å². The van der Waals surface area contributed by atoms with Crippen LogP contribution in [0.1, 0.15) is 200 Å². The predicted octanol–water partition coefficient (Wildman–Crippen LogP) is 12.1. The van der Waals surface area contributed by atoms with E-state index in [0.717, 1.165) is 32.1 Å². The highest BCUT2D eigenvalue weighted by Crippen LogP contribution is 2.38. The molecule has 0 fully saturated rings. The van der Waals surface area contributed by atoms with Gasteiger partial charge in [-0.1, -0.05) is 179 Å². The van der Waals surface area contributed by atoms with Crippen LogP contribution in [-0.4, -0.2) is 70.0 Å². The summed E-state index contributed by atoms with van der Waals surface area (Å²) in [5, 5.41) is 0. The first-order chi connectivity index (χ1) is 26.5. The molecule has 0 N–H and O–H groups in total. The van der Waals surface area contributed by atoms with E-state index in [0.29, 0.717) is 17.4 Å². The number of unbranched alkanes of at least 4 members (excludes halogenated alkanes) is 23. The van der Waals surface area contributed by atoms with E-state index >= 15 is 0 Å². The van der Waals surface area contributed by atoms with Gasteiger partial charge in [0.15, 0.2) is 6.10 Å². The molecule has 0 rings (SSSR count). The van der Waals surface area contributed by atoms with Gasteiger partial charge in [-0.05, 0) is 32.1 Å². The number of esters is 2. The summed E-state index contributed by atoms with van der Waals surface area (Å²) >= 11 is 0. The second-order valence-electron chi connectivity index (χ2n) is 16.4. The molecule has 10 heteroatoms. The second-order valence-corrected chi connectivity index (χ2v) is 17.8. The summed E-state index contributed by atoms with van der Waals surface area (Å²) in [6, 6.07) is 0. The van der Waals surface area contributed by atoms with E-state index < -0.39 is 32.5 Å². The molecule has 0 spiro atoms. The minimum atomic E-state index is -4.63. The Hall–Kier alpha value is -1.51. The highest BCUT2D eigenvalue weighted by molar-refractivity contribution is 7.45. The lowest BCUT2D eigenvalue weighted by Gasteiger charge is -2.28. The van der Waals surface area contributed by atoms with Crippen molar-refractivity contribution in [2.24, 2.45) is 0 Å². The maximum atomic E-state index is 12.6. The van der Waals surface area contributed by atoms with Crippen molar-refractivity contribution >= 4 is 19.8 Å². The van der Waals surface area contributed by atoms with Crippen LogP contribution < -0.4 is 4.89 Å². The van der Waals surface area contributed by atoms with Gasteiger partial charge in [0.25, 0.3) is 7.82 Å². The molecule has 324 valence electrons. The molecule has 0 heterocycles. The molecule has 2 unspecified atom stereocenters. The van der Waals surface area contributed by atoms with Crippen LogP contribution in [0.5, 0.6) is 0 Å². The Morgan fingerprint density at radius 2 is 1.02 bits per heavy atom. The van der Waals surface area contributed by atoms with Crippen LogP contribution in [0.3, 0.4) is 0 Å². The normalized spacial score (nSPS) is 13.8. The second kappa shape index (κ2) is 38.0. The van der Waals surface area contributed by atoms with Crippen molar-refractivity contribution in [3.05, 3.63) is 24.3 Å². The van der Waals surface area contributed by atoms with E-state index in [4.69, 9.17) is 18.5 Å². The van der Waals surface area contributed by atoms with Gasteiger partial charge < -0.3 is 27.9 Å². The number of allylic oxidation sites excluding steroid dienone is 4. The molecule has 55 heavy (non-hydrogen) atoms. The first-order valence-corrected chi connectivity index (χ1v) is 24.0. The molecule has 0 saturated heterocycles. The van der Waals surface area contributed by atoms with Gasteiger partial charge in [-0.15, -0.1) is 0 Å². The molecule has 2 atom stereocenters. The smallest absolute Gasteiger partial charge is 0.306 e. The summed E-state index contributed by atoms with van der Waals surface area (Å²) in [5.74, 6) is -0.905. The maximum Gasteiger partial charge on any atom is 0.306 e. The van der Waals surface area contributed by atoms with Crippen molar-refractivity contribution in [3.8, 4) is 0 Å². The molecule has 0 bridgehead atoms. The van der Waals surface area contributed by atoms with Gasteiger partial charge in [0.1, 0.15) is 19.8 Å². The van der Waals surface area contributed by atoms with E-state index in [2.05, 4.69) is 26.0 Å². The van der Waals surface area contributed by atoms with Crippen molar-refractivity contribution in [1.29, 1.82) is 0 Å². The van der Waals surface area contributed by atoms with Crippen molar-refractivity contribution in [2.45, 2.75) is 206 Å². The Balaban J connectivity index is 4.34. The maximum absolute atomic E-state index is 12.6. The number of hydrogen-bond acceptors (Lipinski definition) is 8. The summed E-state index contributed by atoms with van der Waals surface area (Å²) in [7, 11) is 1.14. The van der Waals surface area contributed by atoms with Crippen LogP contribution in [0, 0.1) is 0 Å². The lowest BCUT2D eigenvalue weighted by molar-refractivity contribution is -0.870. The molecule has 0 aromatic heterocycles. The van der Waals surface area contributed by atoms with Gasteiger partial charge in [-0.3, -0.25) is 14.2 Å². The van der Waals surface area contributed by atoms with Crippen molar-refractivity contribution in [3.63, 3.8) is 0 Å². The average Bonchev–Trinajstić information content (AvgIpc) is 3.13. The van der Waals surface area contributed by atoms with E-state index in [1.54, 1.807) is 0 Å². The van der Waals surface area contributed by atoms with E-state index in [-0.39, 0.29) is 26.1 Å². The molecule has 9 nitrogen and oxygen atoms in total. The summed E-state index contributed by atoms with van der Waals surface area (Å²) in [5.41, 5.74) is 0. The molecule has 0 aliphatic rings. The van der Waals surface area contributed by atoms with Crippen molar-refractivity contribution < 1.29 is 42.1 Å². The van der Waals surface area contributed by atoms with Gasteiger partial charge >= 0.3 is 11.9 Å². The Morgan fingerprint density at radius 1 is 0.564 bits per heavy atom. The third kappa shape index (κ3) is 41.9. The number of carbonyl (C=O) groups is 2. The molecular weight excluding hydrogens is 713 g/mol. The third-order valence-electron chi connectivity index (χ3n) is 9.74. The van der Waals surface area contributed by atoms with Gasteiger partial charge in [0, 0.05) is 12.8 Å². The standard InChI is InChI=1S/C45H86NO8P/c1-6-8-10-12-14-16-18-20-21-22-23-24-26-27-29-31-33-35-37-44(47)51-41-43(42-53-55(49,50)52-40-39-46(3,4)5)54-45(48)38-36-34-32-30-28-25-19-17-15-13-11-9-7-2/h25,28,32,34,43H,6-24,26-27,29-31,33,35-42H2,1-5H3/b28-25+,34-32+. The van der Waals surface area contributed by atoms with Gasteiger partial charge in [0.2, 0.25) is 0 Å². The minimum absolute atomic E-state index is 0.0380. The van der Waals surface area contributed by atoms with Crippen LogP contribution in [0.4, 0.5) is 0 Å². The number of phosphoric ester groups is 1. The Morgan fingerprint density at radius 3 is 1.51 bits per heavy atom. The SMILES string of the molecule is CCCCCCCC/C=C/C/C=C/CCC(=O)OC(COC(=O)CCCCCCCCCCCCCCCCCCCC)COP(=O)([O-])OCC[N+](C)(C)C. The van der Waals surface area contributed by atoms with Crippen LogP contribution in [0.15, 0.2) is 24.3 Å². The Bertz CT molecular complexity index is 996. The fraction of sp³-hybridized carbons (Fsp3) is 0.867. The zero-order valence-electron chi connectivity index (χ0n) is 36.4. The predicted molar refractivity (Wildman–Crippen MR) is 227 cm³/mol. The zero-order chi connectivity index (χ0) is 40.7. The van der Waals surface area contributed by atoms with Crippen molar-refractivity contribution in [2.75, 3.05) is 47.5 Å². The largest absolute Gasteiger partial charge is 0.756 e. The van der Waals surface area contributed by atoms with Gasteiger partial charge in [0.05, 0.1) is 27.7 Å². The third-order valence-corrected chi connectivity index (χ3v) is 10.7. The number of nitrogens with zero attached hydrogens (tertiary/aromatic N) is 1. The quantitative estimate of drug-likeness (QED) is 0.0198. The van der Waals surface area contributed by atoms with E-state index in [1.165, 1.54) is 135 Å². The van der Waals surface area contributed by atoms with Crippen LogP contribution >= 0.6 is 7.82 Å². The molecule has 0 aliphatic carbocycles. The summed E-state index contributed by atoms with van der Waals surface area (Å²) < 4.78 is 33.8. The number of carbonyl (C=O) groups excluding carboxylic acids is 2. The summed E-state index contributed by atoms with van der Waals surface area (Å²) in [6.07, 6.45) is 40.8. The lowest BCUT2D eigenvalue weighted by Crippen LogP contribution is -2.37. The zero-order valence-corrected chi connectivity index (χ0v) is 37.3. The number of phosphoric acid groups is 1. The van der Waals surface area contributed by atoms with Gasteiger partial charge in [-0.25, -0.2) is 0 Å². The van der Waals surface area contributed by atoms with Crippen molar-refractivity contribution in [1.82, 2.24) is 0 Å². The topological polar surface area (TPSA) is 111 Å². The number of quaternary nitrogens is 1. The first kappa shape index (κ1) is 53.5. The van der Waals surface area contributed by atoms with E-state index in [9.17, 15) is 19.0 Å². The molecule has 0 saturated carbocycles. The summed E-state index contributed by atoms with van der Waals surface area (Å²) in [4.78, 5) is 37.5. The Kier molecular flexibility index (Phi) is 37.0. The number of hydrogen-bond donors (Lipinski definition) is 0.